The van der Waals surface area contributed by atoms with Crippen LogP contribution in [0, 0.1) is 17.2 Å². The molecule has 7 nitrogen and oxygen atoms in total. The Balaban J connectivity index is 1.61. The van der Waals surface area contributed by atoms with Crippen LogP contribution >= 0.6 is 0 Å². The standard InChI is InChI=1S/C30H40N4O3/c1-3-34(23-25-12-10-11-24(2)21-25)18-17-32-28(22-31)29(30(35)33-26-13-6-4-7-14-26)37-20-19-36-27-15-8-5-9-16-27/h4-11,13-16,22,24-25,31-32H,3,12,17-21,23H2,1-2H3,(H,33,35)/b29-28-,31-22?. The van der Waals surface area contributed by atoms with Gasteiger partial charge in [-0.25, -0.2) is 0 Å². The van der Waals surface area contributed by atoms with E-state index in [-0.39, 0.29) is 19.0 Å². The number of allylic oxidation sites excluding steroid dienone is 3. The zero-order valence-corrected chi connectivity index (χ0v) is 22.0. The predicted molar refractivity (Wildman–Crippen MR) is 150 cm³/mol. The topological polar surface area (TPSA) is 86.7 Å². The largest absolute Gasteiger partial charge is 0.490 e. The van der Waals surface area contributed by atoms with Crippen LogP contribution in [0.3, 0.4) is 0 Å². The lowest BCUT2D eigenvalue weighted by Crippen LogP contribution is -2.37. The van der Waals surface area contributed by atoms with Crippen LogP contribution in [0.4, 0.5) is 5.69 Å². The molecule has 1 amide bonds. The quantitative estimate of drug-likeness (QED) is 0.103. The highest BCUT2D eigenvalue weighted by Crippen LogP contribution is 2.23. The van der Waals surface area contributed by atoms with Gasteiger partial charge in [-0.3, -0.25) is 4.79 Å². The van der Waals surface area contributed by atoms with Crippen molar-refractivity contribution in [2.45, 2.75) is 26.7 Å². The molecule has 1 aliphatic carbocycles. The molecule has 2 unspecified atom stereocenters. The molecule has 7 heteroatoms. The van der Waals surface area contributed by atoms with Gasteiger partial charge >= 0.3 is 0 Å². The summed E-state index contributed by atoms with van der Waals surface area (Å²) in [7, 11) is 0. The SMILES string of the molecule is CCN(CCN/C(C=N)=C(\OCCOc1ccccc1)C(=O)Nc1ccccc1)CC1CC=CC(C)C1. The van der Waals surface area contributed by atoms with Crippen molar-refractivity contribution in [2.24, 2.45) is 11.8 Å². The Hall–Kier alpha value is -3.58. The maximum Gasteiger partial charge on any atom is 0.293 e. The van der Waals surface area contributed by atoms with Gasteiger partial charge in [0.1, 0.15) is 24.7 Å². The molecule has 3 rings (SSSR count). The molecule has 0 fully saturated rings. The van der Waals surface area contributed by atoms with Crippen molar-refractivity contribution in [1.29, 1.82) is 5.41 Å². The van der Waals surface area contributed by atoms with Crippen LogP contribution in [-0.4, -0.2) is 56.4 Å². The number of rotatable bonds is 15. The predicted octanol–water partition coefficient (Wildman–Crippen LogP) is 5.10. The summed E-state index contributed by atoms with van der Waals surface area (Å²) in [6.45, 7) is 8.30. The molecular formula is C30H40N4O3. The van der Waals surface area contributed by atoms with Gasteiger partial charge in [-0.05, 0) is 55.5 Å². The highest BCUT2D eigenvalue weighted by atomic mass is 16.5. The second kappa shape index (κ2) is 15.5. The summed E-state index contributed by atoms with van der Waals surface area (Å²) in [5.74, 6) is 1.70. The molecule has 2 atom stereocenters. The molecule has 3 N–H and O–H groups in total. The molecule has 37 heavy (non-hydrogen) atoms. The van der Waals surface area contributed by atoms with E-state index in [0.717, 1.165) is 38.0 Å². The number of anilines is 1. The minimum Gasteiger partial charge on any atom is -0.490 e. The minimum atomic E-state index is -0.410. The number of amides is 1. The average Bonchev–Trinajstić information content (AvgIpc) is 2.92. The van der Waals surface area contributed by atoms with Gasteiger partial charge < -0.3 is 30.4 Å². The molecule has 0 heterocycles. The minimum absolute atomic E-state index is 0.0739. The van der Waals surface area contributed by atoms with E-state index >= 15 is 0 Å². The Kier molecular flexibility index (Phi) is 11.7. The first-order chi connectivity index (χ1) is 18.1. The number of hydrogen-bond donors (Lipinski definition) is 3. The molecular weight excluding hydrogens is 464 g/mol. The summed E-state index contributed by atoms with van der Waals surface area (Å²) in [4.78, 5) is 15.5. The average molecular weight is 505 g/mol. The maximum atomic E-state index is 13.1. The van der Waals surface area contributed by atoms with Crippen LogP contribution in [0.15, 0.2) is 84.3 Å². The van der Waals surface area contributed by atoms with Gasteiger partial charge in [0.05, 0.1) is 0 Å². The second-order valence-electron chi connectivity index (χ2n) is 9.28. The molecule has 0 aliphatic heterocycles. The van der Waals surface area contributed by atoms with E-state index in [2.05, 4.69) is 41.5 Å². The summed E-state index contributed by atoms with van der Waals surface area (Å²) in [5.41, 5.74) is 1.00. The monoisotopic (exact) mass is 504 g/mol. The summed E-state index contributed by atoms with van der Waals surface area (Å²) < 4.78 is 11.6. The molecule has 0 radical (unpaired) electrons. The summed E-state index contributed by atoms with van der Waals surface area (Å²) in [5, 5.41) is 14.1. The highest BCUT2D eigenvalue weighted by molar-refractivity contribution is 6.05. The number of para-hydroxylation sites is 2. The van der Waals surface area contributed by atoms with Gasteiger partial charge in [0.15, 0.2) is 0 Å². The van der Waals surface area contributed by atoms with Gasteiger partial charge in [-0.1, -0.05) is 62.4 Å². The van der Waals surface area contributed by atoms with E-state index < -0.39 is 5.91 Å². The fourth-order valence-corrected chi connectivity index (χ4v) is 4.44. The molecule has 0 aromatic heterocycles. The first-order valence-electron chi connectivity index (χ1n) is 13.1. The summed E-state index contributed by atoms with van der Waals surface area (Å²) >= 11 is 0. The third-order valence-corrected chi connectivity index (χ3v) is 6.31. The van der Waals surface area contributed by atoms with Gasteiger partial charge in [-0.15, -0.1) is 0 Å². The molecule has 0 spiro atoms. The number of carbonyl (C=O) groups is 1. The molecule has 1 aliphatic rings. The Labute approximate surface area is 221 Å². The van der Waals surface area contributed by atoms with Crippen molar-refractivity contribution in [3.8, 4) is 5.75 Å². The lowest BCUT2D eigenvalue weighted by atomic mass is 9.87. The van der Waals surface area contributed by atoms with Crippen molar-refractivity contribution >= 4 is 17.8 Å². The van der Waals surface area contributed by atoms with E-state index in [9.17, 15) is 4.79 Å². The van der Waals surface area contributed by atoms with E-state index in [0.29, 0.717) is 29.8 Å². The Morgan fingerprint density at radius 3 is 2.51 bits per heavy atom. The number of hydrogen-bond acceptors (Lipinski definition) is 6. The van der Waals surface area contributed by atoms with Crippen LogP contribution in [0.5, 0.6) is 5.75 Å². The molecule has 0 saturated carbocycles. The van der Waals surface area contributed by atoms with E-state index in [1.807, 2.05) is 60.7 Å². The van der Waals surface area contributed by atoms with E-state index in [1.54, 1.807) is 0 Å². The fourth-order valence-electron chi connectivity index (χ4n) is 4.44. The van der Waals surface area contributed by atoms with Gasteiger partial charge in [0.2, 0.25) is 5.76 Å². The number of nitrogens with zero attached hydrogens (tertiary/aromatic N) is 1. The second-order valence-corrected chi connectivity index (χ2v) is 9.28. The Morgan fingerprint density at radius 2 is 1.84 bits per heavy atom. The first-order valence-corrected chi connectivity index (χ1v) is 13.1. The summed E-state index contributed by atoms with van der Waals surface area (Å²) in [6.07, 6.45) is 8.10. The van der Waals surface area contributed by atoms with Gasteiger partial charge in [0, 0.05) is 31.5 Å². The van der Waals surface area contributed by atoms with Crippen molar-refractivity contribution in [3.63, 3.8) is 0 Å². The normalized spacial score (nSPS) is 17.6. The smallest absolute Gasteiger partial charge is 0.293 e. The van der Waals surface area contributed by atoms with E-state index in [1.165, 1.54) is 6.42 Å². The molecule has 0 bridgehead atoms. The van der Waals surface area contributed by atoms with Crippen LogP contribution < -0.4 is 15.4 Å². The van der Waals surface area contributed by atoms with Crippen LogP contribution in [0.1, 0.15) is 26.7 Å². The molecule has 198 valence electrons. The van der Waals surface area contributed by atoms with Gasteiger partial charge in [0.25, 0.3) is 5.91 Å². The fraction of sp³-hybridized carbons (Fsp3) is 0.400. The Morgan fingerprint density at radius 1 is 1.11 bits per heavy atom. The third-order valence-electron chi connectivity index (χ3n) is 6.31. The van der Waals surface area contributed by atoms with Crippen molar-refractivity contribution in [2.75, 3.05) is 44.7 Å². The number of carbonyl (C=O) groups excluding carboxylic acids is 1. The molecule has 2 aromatic carbocycles. The zero-order valence-electron chi connectivity index (χ0n) is 22.0. The lowest BCUT2D eigenvalue weighted by Gasteiger charge is -2.29. The Bertz CT molecular complexity index is 1020. The number of nitrogens with one attached hydrogen (secondary N) is 3. The van der Waals surface area contributed by atoms with Crippen LogP contribution in [0.2, 0.25) is 0 Å². The molecule has 2 aromatic rings. The lowest BCUT2D eigenvalue weighted by molar-refractivity contribution is -0.116. The maximum absolute atomic E-state index is 13.1. The number of likely N-dealkylation sites (N-methyl/N-ethyl adjacent to an activating group) is 1. The highest BCUT2D eigenvalue weighted by Gasteiger charge is 2.19. The van der Waals surface area contributed by atoms with Crippen LogP contribution in [-0.2, 0) is 9.53 Å². The van der Waals surface area contributed by atoms with Crippen molar-refractivity contribution in [3.05, 3.63) is 84.3 Å². The van der Waals surface area contributed by atoms with E-state index in [4.69, 9.17) is 14.9 Å². The van der Waals surface area contributed by atoms with Crippen molar-refractivity contribution < 1.29 is 14.3 Å². The van der Waals surface area contributed by atoms with Gasteiger partial charge in [-0.2, -0.15) is 0 Å². The van der Waals surface area contributed by atoms with Crippen molar-refractivity contribution in [1.82, 2.24) is 10.2 Å². The zero-order chi connectivity index (χ0) is 26.3. The first kappa shape index (κ1) is 28.0. The number of benzene rings is 2. The number of ether oxygens (including phenoxy) is 2. The molecule has 0 saturated heterocycles. The third kappa shape index (κ3) is 9.77. The summed E-state index contributed by atoms with van der Waals surface area (Å²) in [6, 6.07) is 18.7. The van der Waals surface area contributed by atoms with Crippen LogP contribution in [0.25, 0.3) is 0 Å².